The zero-order valence-corrected chi connectivity index (χ0v) is 17.0. The maximum Gasteiger partial charge on any atom is 0.338 e. The third-order valence-electron chi connectivity index (χ3n) is 6.53. The molecule has 1 aromatic rings. The van der Waals surface area contributed by atoms with E-state index in [-0.39, 0.29) is 5.82 Å². The lowest BCUT2D eigenvalue weighted by molar-refractivity contribution is -0.132. The number of hydrogen-bond donors (Lipinski definition) is 1. The normalized spacial score (nSPS) is 26.3. The molecular weight excluding hydrogens is 373 g/mol. The number of carbonyl (C=O) groups is 1. The molecule has 1 aromatic carbocycles. The first-order valence-corrected chi connectivity index (χ1v) is 11.3. The third kappa shape index (κ3) is 4.29. The summed E-state index contributed by atoms with van der Waals surface area (Å²) in [4.78, 5) is 14.1. The van der Waals surface area contributed by atoms with Gasteiger partial charge in [0.1, 0.15) is 5.82 Å². The molecule has 5 heteroatoms. The summed E-state index contributed by atoms with van der Waals surface area (Å²) in [6.45, 7) is 1.80. The van der Waals surface area contributed by atoms with Gasteiger partial charge < -0.3 is 10.0 Å². The molecule has 1 N–H and O–H groups in total. The first kappa shape index (κ1) is 19.6. The smallest absolute Gasteiger partial charge is 0.338 e. The summed E-state index contributed by atoms with van der Waals surface area (Å²) in [7, 11) is 0. The molecule has 0 unspecified atom stereocenters. The van der Waals surface area contributed by atoms with E-state index in [9.17, 15) is 14.3 Å². The average molecular weight is 402 g/mol. The number of thioether (sulfide) groups is 1. The molecule has 0 radical (unpaired) electrons. The number of halogens is 1. The number of fused-ring (bicyclic) bond motifs is 2. The Bertz CT molecular complexity index is 778. The number of carboxylic acids is 1. The second kappa shape index (κ2) is 8.32. The van der Waals surface area contributed by atoms with Gasteiger partial charge >= 0.3 is 5.97 Å². The van der Waals surface area contributed by atoms with Gasteiger partial charge in [0, 0.05) is 13.1 Å². The molecular formula is C23H28FNO2S. The van der Waals surface area contributed by atoms with Gasteiger partial charge in [0.2, 0.25) is 0 Å². The predicted molar refractivity (Wildman–Crippen MR) is 112 cm³/mol. The van der Waals surface area contributed by atoms with Crippen molar-refractivity contribution < 1.29 is 14.3 Å². The minimum atomic E-state index is -0.838. The van der Waals surface area contributed by atoms with Gasteiger partial charge in [-0.2, -0.15) is 0 Å². The molecule has 1 heterocycles. The zero-order valence-electron chi connectivity index (χ0n) is 16.2. The zero-order chi connectivity index (χ0) is 19.6. The van der Waals surface area contributed by atoms with Crippen LogP contribution < -0.4 is 0 Å². The Morgan fingerprint density at radius 1 is 1.25 bits per heavy atom. The molecule has 2 aliphatic carbocycles. The highest BCUT2D eigenvalue weighted by Crippen LogP contribution is 2.55. The van der Waals surface area contributed by atoms with Crippen LogP contribution in [0.3, 0.4) is 0 Å². The number of hydrogen-bond acceptors (Lipinski definition) is 3. The van der Waals surface area contributed by atoms with E-state index in [0.29, 0.717) is 11.0 Å². The summed E-state index contributed by atoms with van der Waals surface area (Å²) in [5, 5.41) is 10.6. The predicted octanol–water partition coefficient (Wildman–Crippen LogP) is 5.24. The second-order valence-corrected chi connectivity index (χ2v) is 9.62. The monoisotopic (exact) mass is 401 g/mol. The number of aliphatic carboxylic acids is 1. The topological polar surface area (TPSA) is 40.5 Å². The molecule has 0 saturated heterocycles. The van der Waals surface area contributed by atoms with Gasteiger partial charge in [0.05, 0.1) is 10.6 Å². The molecule has 150 valence electrons. The van der Waals surface area contributed by atoms with E-state index < -0.39 is 5.97 Å². The standard InChI is InChI=1S/C23H28FNO2S/c24-19-7-5-17(6-8-19)3-2-14-28-21-20(22(26)27)4-1-13-25(21)16-23-11-9-18(15-23)10-12-23/h1,4-8,18H,2-3,9-16H2,(H,26,27). The van der Waals surface area contributed by atoms with Crippen LogP contribution in [0.25, 0.3) is 0 Å². The van der Waals surface area contributed by atoms with Crippen molar-refractivity contribution >= 4 is 17.7 Å². The quantitative estimate of drug-likeness (QED) is 0.605. The second-order valence-electron chi connectivity index (χ2n) is 8.53. The van der Waals surface area contributed by atoms with E-state index in [4.69, 9.17) is 0 Å². The Balaban J connectivity index is 1.40. The van der Waals surface area contributed by atoms with Crippen molar-refractivity contribution in [2.45, 2.75) is 44.9 Å². The van der Waals surface area contributed by atoms with Crippen molar-refractivity contribution in [1.29, 1.82) is 0 Å². The van der Waals surface area contributed by atoms with Gasteiger partial charge in [0.15, 0.2) is 0 Å². The van der Waals surface area contributed by atoms with E-state index in [1.54, 1.807) is 17.8 Å². The summed E-state index contributed by atoms with van der Waals surface area (Å²) in [6.07, 6.45) is 12.2. The highest BCUT2D eigenvalue weighted by molar-refractivity contribution is 8.03. The van der Waals surface area contributed by atoms with Crippen LogP contribution in [-0.2, 0) is 11.2 Å². The molecule has 3 nitrogen and oxygen atoms in total. The van der Waals surface area contributed by atoms with Crippen LogP contribution in [-0.4, -0.2) is 34.8 Å². The van der Waals surface area contributed by atoms with E-state index in [1.165, 1.54) is 44.2 Å². The largest absolute Gasteiger partial charge is 0.478 e. The Labute approximate surface area is 170 Å². The number of carboxylic acid groups (broad SMARTS) is 1. The Morgan fingerprint density at radius 3 is 2.64 bits per heavy atom. The minimum Gasteiger partial charge on any atom is -0.478 e. The van der Waals surface area contributed by atoms with Crippen molar-refractivity contribution in [3.8, 4) is 0 Å². The Hall–Kier alpha value is -1.75. The van der Waals surface area contributed by atoms with Gasteiger partial charge in [-0.25, -0.2) is 9.18 Å². The summed E-state index contributed by atoms with van der Waals surface area (Å²) in [5.74, 6) is 0.716. The SMILES string of the molecule is O=C(O)C1=C(SCCCc2ccc(F)cc2)N(CC23CCC(CC2)C3)CC=C1. The number of rotatable bonds is 8. The molecule has 0 atom stereocenters. The first-order valence-electron chi connectivity index (χ1n) is 10.3. The highest BCUT2D eigenvalue weighted by Gasteiger charge is 2.46. The van der Waals surface area contributed by atoms with Crippen LogP contribution in [0.4, 0.5) is 4.39 Å². The van der Waals surface area contributed by atoms with Crippen molar-refractivity contribution in [1.82, 2.24) is 4.90 Å². The molecule has 28 heavy (non-hydrogen) atoms. The first-order chi connectivity index (χ1) is 13.5. The lowest BCUT2D eigenvalue weighted by atomic mass is 9.83. The van der Waals surface area contributed by atoms with Crippen LogP contribution >= 0.6 is 11.8 Å². The van der Waals surface area contributed by atoms with E-state index in [1.807, 2.05) is 18.2 Å². The van der Waals surface area contributed by atoms with Crippen molar-refractivity contribution in [3.05, 3.63) is 58.4 Å². The van der Waals surface area contributed by atoms with Crippen molar-refractivity contribution in [2.75, 3.05) is 18.8 Å². The van der Waals surface area contributed by atoms with Crippen LogP contribution in [0.15, 0.2) is 47.0 Å². The molecule has 3 aliphatic rings. The summed E-state index contributed by atoms with van der Waals surface area (Å²) in [6, 6.07) is 6.65. The van der Waals surface area contributed by atoms with Crippen LogP contribution in [0, 0.1) is 17.2 Å². The van der Waals surface area contributed by atoms with Gasteiger partial charge in [-0.3, -0.25) is 0 Å². The molecule has 0 aromatic heterocycles. The lowest BCUT2D eigenvalue weighted by Crippen LogP contribution is -2.36. The molecule has 0 spiro atoms. The number of benzene rings is 1. The van der Waals surface area contributed by atoms with E-state index in [0.717, 1.165) is 48.2 Å². The molecule has 2 bridgehead atoms. The molecule has 1 aliphatic heterocycles. The molecule has 4 rings (SSSR count). The van der Waals surface area contributed by atoms with Crippen LogP contribution in [0.5, 0.6) is 0 Å². The average Bonchev–Trinajstić information content (AvgIpc) is 3.28. The summed E-state index contributed by atoms with van der Waals surface area (Å²) < 4.78 is 13.0. The summed E-state index contributed by atoms with van der Waals surface area (Å²) in [5.41, 5.74) is 1.96. The van der Waals surface area contributed by atoms with Gasteiger partial charge in [-0.1, -0.05) is 18.2 Å². The Morgan fingerprint density at radius 2 is 2.00 bits per heavy atom. The van der Waals surface area contributed by atoms with Crippen molar-refractivity contribution in [2.24, 2.45) is 11.3 Å². The summed E-state index contributed by atoms with van der Waals surface area (Å²) >= 11 is 1.67. The van der Waals surface area contributed by atoms with Gasteiger partial charge in [-0.05, 0) is 85.8 Å². The lowest BCUT2D eigenvalue weighted by Gasteiger charge is -2.37. The maximum absolute atomic E-state index is 13.0. The fourth-order valence-corrected chi connectivity index (χ4v) is 6.24. The highest BCUT2D eigenvalue weighted by atomic mass is 32.2. The maximum atomic E-state index is 13.0. The van der Waals surface area contributed by atoms with E-state index >= 15 is 0 Å². The molecule has 2 saturated carbocycles. The van der Waals surface area contributed by atoms with Crippen LogP contribution in [0.1, 0.15) is 44.1 Å². The van der Waals surface area contributed by atoms with E-state index in [2.05, 4.69) is 4.90 Å². The van der Waals surface area contributed by atoms with Gasteiger partial charge in [0.25, 0.3) is 0 Å². The molecule has 0 amide bonds. The Kier molecular flexibility index (Phi) is 5.81. The fourth-order valence-electron chi connectivity index (χ4n) is 5.12. The third-order valence-corrected chi connectivity index (χ3v) is 7.78. The fraction of sp³-hybridized carbons (Fsp3) is 0.522. The minimum absolute atomic E-state index is 0.209. The van der Waals surface area contributed by atoms with Crippen molar-refractivity contribution in [3.63, 3.8) is 0 Å². The van der Waals surface area contributed by atoms with Crippen LogP contribution in [0.2, 0.25) is 0 Å². The number of nitrogens with zero attached hydrogens (tertiary/aromatic N) is 1. The number of aryl methyl sites for hydroxylation is 1. The molecule has 2 fully saturated rings. The van der Waals surface area contributed by atoms with Gasteiger partial charge in [-0.15, -0.1) is 11.8 Å².